The van der Waals surface area contributed by atoms with Crippen molar-refractivity contribution in [1.29, 1.82) is 0 Å². The molecule has 0 aliphatic carbocycles. The van der Waals surface area contributed by atoms with Crippen LogP contribution in [-0.4, -0.2) is 59.7 Å². The lowest BCUT2D eigenvalue weighted by Gasteiger charge is -2.28. The molecule has 2 aliphatic heterocycles. The van der Waals surface area contributed by atoms with Gasteiger partial charge in [0.05, 0.1) is 18.1 Å². The quantitative estimate of drug-likeness (QED) is 0.538. The Labute approximate surface area is 205 Å². The molecule has 0 aromatic heterocycles. The van der Waals surface area contributed by atoms with E-state index < -0.39 is 11.1 Å². The Morgan fingerprint density at radius 3 is 2.52 bits per heavy atom. The first-order valence-corrected chi connectivity index (χ1v) is 11.8. The molecule has 0 atom stereocenters. The number of benzene rings is 2. The van der Waals surface area contributed by atoms with Gasteiger partial charge < -0.3 is 14.4 Å². The number of amides is 3. The molecule has 2 aromatic carbocycles. The number of halogens is 2. The fourth-order valence-corrected chi connectivity index (χ4v) is 4.60. The molecule has 3 amide bonds. The fraction of sp³-hybridized carbons (Fsp3) is 0.261. The molecular weight excluding hydrogens is 487 g/mol. The minimum atomic E-state index is -0.468. The highest BCUT2D eigenvalue weighted by Gasteiger charge is 2.37. The van der Waals surface area contributed by atoms with E-state index in [-0.39, 0.29) is 24.0 Å². The van der Waals surface area contributed by atoms with Gasteiger partial charge in [0.25, 0.3) is 11.1 Å². The average molecular weight is 507 g/mol. The Bertz CT molecular complexity index is 1100. The van der Waals surface area contributed by atoms with E-state index in [9.17, 15) is 14.4 Å². The molecule has 172 valence electrons. The lowest BCUT2D eigenvalue weighted by atomic mass is 10.2. The second kappa shape index (κ2) is 10.6. The number of carbonyl (C=O) groups is 3. The van der Waals surface area contributed by atoms with Crippen molar-refractivity contribution >= 4 is 58.1 Å². The molecule has 10 heteroatoms. The number of nitrogens with zero attached hydrogens (tertiary/aromatic N) is 2. The number of ether oxygens (including phenoxy) is 2. The Morgan fingerprint density at radius 1 is 1.09 bits per heavy atom. The molecule has 0 unspecified atom stereocenters. The van der Waals surface area contributed by atoms with Crippen LogP contribution in [0.25, 0.3) is 6.08 Å². The van der Waals surface area contributed by atoms with E-state index in [1.54, 1.807) is 53.4 Å². The zero-order valence-corrected chi connectivity index (χ0v) is 19.8. The number of hydrogen-bond acceptors (Lipinski definition) is 6. The molecule has 0 spiro atoms. The molecule has 7 nitrogen and oxygen atoms in total. The Kier molecular flexibility index (Phi) is 7.60. The Hall–Kier alpha value is -2.52. The van der Waals surface area contributed by atoms with E-state index in [2.05, 4.69) is 0 Å². The summed E-state index contributed by atoms with van der Waals surface area (Å²) in [6, 6.07) is 12.3. The van der Waals surface area contributed by atoms with Gasteiger partial charge in [0.15, 0.2) is 0 Å². The van der Waals surface area contributed by atoms with Gasteiger partial charge in [-0.15, -0.1) is 0 Å². The third kappa shape index (κ3) is 5.89. The third-order valence-electron chi connectivity index (χ3n) is 5.12. The van der Waals surface area contributed by atoms with Gasteiger partial charge in [-0.1, -0.05) is 41.4 Å². The minimum absolute atomic E-state index is 0.260. The van der Waals surface area contributed by atoms with Gasteiger partial charge in [0.2, 0.25) is 5.91 Å². The van der Waals surface area contributed by atoms with Crippen LogP contribution in [0.3, 0.4) is 0 Å². The summed E-state index contributed by atoms with van der Waals surface area (Å²) in [5.74, 6) is -0.101. The first kappa shape index (κ1) is 23.6. The second-order valence-corrected chi connectivity index (χ2v) is 9.19. The van der Waals surface area contributed by atoms with Crippen LogP contribution < -0.4 is 4.74 Å². The summed E-state index contributed by atoms with van der Waals surface area (Å²) in [5, 5.41) is 0.637. The van der Waals surface area contributed by atoms with Crippen LogP contribution in [-0.2, 0) is 20.9 Å². The molecule has 4 rings (SSSR count). The number of hydrogen-bond donors (Lipinski definition) is 0. The van der Waals surface area contributed by atoms with Crippen molar-refractivity contribution in [2.45, 2.75) is 6.61 Å². The maximum Gasteiger partial charge on any atom is 0.294 e. The fourth-order valence-electron chi connectivity index (χ4n) is 3.30. The Morgan fingerprint density at radius 2 is 1.82 bits per heavy atom. The van der Waals surface area contributed by atoms with Crippen LogP contribution in [0.4, 0.5) is 4.79 Å². The van der Waals surface area contributed by atoms with Gasteiger partial charge >= 0.3 is 0 Å². The predicted molar refractivity (Wildman–Crippen MR) is 127 cm³/mol. The average Bonchev–Trinajstić information content (AvgIpc) is 3.07. The predicted octanol–water partition coefficient (Wildman–Crippen LogP) is 4.47. The summed E-state index contributed by atoms with van der Waals surface area (Å²) in [6.07, 6.45) is 1.63. The Balaban J connectivity index is 1.36. The van der Waals surface area contributed by atoms with Crippen molar-refractivity contribution < 1.29 is 23.9 Å². The van der Waals surface area contributed by atoms with Crippen molar-refractivity contribution in [3.05, 3.63) is 68.5 Å². The lowest BCUT2D eigenvalue weighted by molar-refractivity contribution is -0.139. The van der Waals surface area contributed by atoms with Crippen LogP contribution in [0.1, 0.15) is 11.1 Å². The van der Waals surface area contributed by atoms with Gasteiger partial charge in [-0.25, -0.2) is 0 Å². The van der Waals surface area contributed by atoms with Gasteiger partial charge in [-0.05, 0) is 47.7 Å². The van der Waals surface area contributed by atoms with Crippen LogP contribution >= 0.6 is 35.0 Å². The molecule has 2 aromatic rings. The smallest absolute Gasteiger partial charge is 0.294 e. The number of imide groups is 1. The van der Waals surface area contributed by atoms with Crippen molar-refractivity contribution in [1.82, 2.24) is 9.80 Å². The van der Waals surface area contributed by atoms with E-state index in [0.717, 1.165) is 27.8 Å². The zero-order valence-electron chi connectivity index (χ0n) is 17.5. The summed E-state index contributed by atoms with van der Waals surface area (Å²) in [6.45, 7) is 1.86. The van der Waals surface area contributed by atoms with Gasteiger partial charge in [-0.3, -0.25) is 19.3 Å². The minimum Gasteiger partial charge on any atom is -0.489 e. The molecule has 2 aliphatic rings. The van der Waals surface area contributed by atoms with Gasteiger partial charge in [0, 0.05) is 28.7 Å². The molecule has 0 radical (unpaired) electrons. The first-order chi connectivity index (χ1) is 15.9. The van der Waals surface area contributed by atoms with Gasteiger partial charge in [-0.2, -0.15) is 0 Å². The second-order valence-electron chi connectivity index (χ2n) is 7.35. The van der Waals surface area contributed by atoms with E-state index in [4.69, 9.17) is 32.7 Å². The van der Waals surface area contributed by atoms with Crippen LogP contribution in [0, 0.1) is 0 Å². The molecule has 2 fully saturated rings. The lowest BCUT2D eigenvalue weighted by Crippen LogP contribution is -2.46. The molecule has 0 bridgehead atoms. The first-order valence-electron chi connectivity index (χ1n) is 10.2. The summed E-state index contributed by atoms with van der Waals surface area (Å²) in [4.78, 5) is 40.3. The molecule has 0 N–H and O–H groups in total. The third-order valence-corrected chi connectivity index (χ3v) is 6.61. The van der Waals surface area contributed by atoms with E-state index >= 15 is 0 Å². The number of morpholine rings is 1. The topological polar surface area (TPSA) is 76.2 Å². The molecule has 2 heterocycles. The SMILES string of the molecule is O=C(CN1C(=O)S/C(=C/c2ccc(OCc3ccc(Cl)cc3Cl)cc2)C1=O)N1CCOCC1. The van der Waals surface area contributed by atoms with Crippen LogP contribution in [0.5, 0.6) is 5.75 Å². The van der Waals surface area contributed by atoms with Gasteiger partial charge in [0.1, 0.15) is 18.9 Å². The number of carbonyl (C=O) groups excluding carboxylic acids is 3. The molecular formula is C23H20Cl2N2O5S. The normalized spacial score (nSPS) is 17.7. The monoisotopic (exact) mass is 506 g/mol. The van der Waals surface area contributed by atoms with Crippen LogP contribution in [0.2, 0.25) is 10.0 Å². The highest BCUT2D eigenvalue weighted by molar-refractivity contribution is 8.18. The molecule has 0 saturated carbocycles. The highest BCUT2D eigenvalue weighted by atomic mass is 35.5. The van der Waals surface area contributed by atoms with E-state index in [0.29, 0.717) is 42.1 Å². The summed E-state index contributed by atoms with van der Waals surface area (Å²) >= 11 is 12.9. The molecule has 2 saturated heterocycles. The maximum absolute atomic E-state index is 12.7. The maximum atomic E-state index is 12.7. The van der Waals surface area contributed by atoms with Crippen molar-refractivity contribution in [2.24, 2.45) is 0 Å². The van der Waals surface area contributed by atoms with E-state index in [1.807, 2.05) is 0 Å². The summed E-state index contributed by atoms with van der Waals surface area (Å²) in [7, 11) is 0. The molecule has 33 heavy (non-hydrogen) atoms. The van der Waals surface area contributed by atoms with Crippen molar-refractivity contribution in [3.63, 3.8) is 0 Å². The highest BCUT2D eigenvalue weighted by Crippen LogP contribution is 2.32. The number of thioether (sulfide) groups is 1. The van der Waals surface area contributed by atoms with Crippen LogP contribution in [0.15, 0.2) is 47.4 Å². The van der Waals surface area contributed by atoms with E-state index in [1.165, 1.54) is 0 Å². The zero-order chi connectivity index (χ0) is 23.4. The summed E-state index contributed by atoms with van der Waals surface area (Å²) in [5.41, 5.74) is 1.54. The van der Waals surface area contributed by atoms with Crippen molar-refractivity contribution in [3.8, 4) is 5.75 Å². The van der Waals surface area contributed by atoms with Crippen molar-refractivity contribution in [2.75, 3.05) is 32.8 Å². The number of rotatable bonds is 6. The standard InChI is InChI=1S/C23H20Cl2N2O5S/c24-17-4-3-16(19(25)12-17)14-32-18-5-1-15(2-6-18)11-20-22(29)27(23(30)33-20)13-21(28)26-7-9-31-10-8-26/h1-6,11-12H,7-10,13-14H2/b20-11+. The summed E-state index contributed by atoms with van der Waals surface area (Å²) < 4.78 is 11.0. The largest absolute Gasteiger partial charge is 0.489 e.